The minimum Gasteiger partial charge on any atom is -0.454 e. The molecule has 10 aromatic rings. The van der Waals surface area contributed by atoms with Gasteiger partial charge in [0.05, 0.1) is 5.69 Å². The standard InChI is InChI=1S/C51H36N2O.C7H8.C4H6/c1-3-15-36(16-4-2)48-46-28-27-45-44-25-11-12-26-47(44)54-50(45)49(46)53-51(52-48)40-24-14-22-38(30-40)37-21-13-23-39(29-37)43-32-41(34-17-7-5-8-18-34)31-42(33-43)35-19-9-6-10-20-35;1-7-5-3-2-4-6-7;1-3-4-2/h3-33H,1H2,2H3;2-6H,1H3;3-4H,1-2H2/b16-4-,36-15+;;. The Hall–Kier alpha value is -8.40. The van der Waals surface area contributed by atoms with Gasteiger partial charge in [-0.1, -0.05) is 207 Å². The first kappa shape index (κ1) is 43.3. The van der Waals surface area contributed by atoms with Gasteiger partial charge in [0.15, 0.2) is 11.4 Å². The molecule has 0 unspecified atom stereocenters. The van der Waals surface area contributed by atoms with Gasteiger partial charge in [0, 0.05) is 27.3 Å². The third-order valence-electron chi connectivity index (χ3n) is 11.0. The monoisotopic (exact) mass is 838 g/mol. The van der Waals surface area contributed by atoms with Gasteiger partial charge in [-0.05, 0) is 107 Å². The highest BCUT2D eigenvalue weighted by Crippen LogP contribution is 2.38. The second-order valence-corrected chi connectivity index (χ2v) is 15.5. The van der Waals surface area contributed by atoms with Crippen LogP contribution in [0.4, 0.5) is 0 Å². The fourth-order valence-corrected chi connectivity index (χ4v) is 7.88. The molecular weight excluding hydrogens is 789 g/mol. The van der Waals surface area contributed by atoms with Crippen LogP contribution >= 0.6 is 0 Å². The zero-order chi connectivity index (χ0) is 45.0. The molecule has 0 saturated carbocycles. The molecule has 3 nitrogen and oxygen atoms in total. The summed E-state index contributed by atoms with van der Waals surface area (Å²) in [7, 11) is 0. The fraction of sp³-hybridized carbons (Fsp3) is 0.0323. The van der Waals surface area contributed by atoms with Crippen LogP contribution in [0.1, 0.15) is 18.2 Å². The van der Waals surface area contributed by atoms with Crippen molar-refractivity contribution in [1.82, 2.24) is 9.97 Å². The zero-order valence-electron chi connectivity index (χ0n) is 36.9. The molecule has 0 N–H and O–H groups in total. The highest BCUT2D eigenvalue weighted by molar-refractivity contribution is 6.15. The molecule has 10 rings (SSSR count). The quantitative estimate of drug-likeness (QED) is 0.136. The number of furan rings is 1. The Morgan fingerprint density at radius 2 is 0.923 bits per heavy atom. The van der Waals surface area contributed by atoms with Gasteiger partial charge in [0.25, 0.3) is 0 Å². The molecule has 314 valence electrons. The molecule has 0 fully saturated rings. The summed E-state index contributed by atoms with van der Waals surface area (Å²) >= 11 is 0. The number of nitrogens with zero attached hydrogens (tertiary/aromatic N) is 2. The summed E-state index contributed by atoms with van der Waals surface area (Å²) in [5.41, 5.74) is 15.7. The lowest BCUT2D eigenvalue weighted by Crippen LogP contribution is -1.98. The predicted molar refractivity (Wildman–Crippen MR) is 279 cm³/mol. The Labute approximate surface area is 382 Å². The molecule has 0 amide bonds. The maximum absolute atomic E-state index is 6.48. The highest BCUT2D eigenvalue weighted by atomic mass is 16.3. The number of benzene rings is 8. The van der Waals surface area contributed by atoms with E-state index in [1.165, 1.54) is 27.8 Å². The van der Waals surface area contributed by atoms with E-state index in [0.717, 1.165) is 71.9 Å². The van der Waals surface area contributed by atoms with Crippen LogP contribution in [0, 0.1) is 6.92 Å². The van der Waals surface area contributed by atoms with E-state index in [1.54, 1.807) is 18.2 Å². The lowest BCUT2D eigenvalue weighted by atomic mass is 9.92. The fourth-order valence-electron chi connectivity index (χ4n) is 7.88. The summed E-state index contributed by atoms with van der Waals surface area (Å²) in [5, 5.41) is 3.03. The van der Waals surface area contributed by atoms with Gasteiger partial charge in [-0.15, -0.1) is 0 Å². The predicted octanol–water partition coefficient (Wildman–Crippen LogP) is 17.4. The molecular formula is C62H50N2O. The Morgan fingerprint density at radius 3 is 1.48 bits per heavy atom. The number of fused-ring (bicyclic) bond motifs is 5. The second-order valence-electron chi connectivity index (χ2n) is 15.5. The number of rotatable bonds is 9. The molecule has 0 spiro atoms. The van der Waals surface area contributed by atoms with Gasteiger partial charge in [-0.2, -0.15) is 0 Å². The van der Waals surface area contributed by atoms with Crippen LogP contribution < -0.4 is 0 Å². The van der Waals surface area contributed by atoms with Crippen LogP contribution in [0.2, 0.25) is 0 Å². The zero-order valence-corrected chi connectivity index (χ0v) is 36.9. The number of hydrogen-bond donors (Lipinski definition) is 0. The van der Waals surface area contributed by atoms with Crippen molar-refractivity contribution in [3.8, 4) is 55.9 Å². The van der Waals surface area contributed by atoms with Crippen LogP contribution in [-0.4, -0.2) is 9.97 Å². The molecule has 0 saturated heterocycles. The van der Waals surface area contributed by atoms with Crippen molar-refractivity contribution in [2.75, 3.05) is 0 Å². The SMILES string of the molecule is C=C/C=C(\C=C/C)c1nc(-c2cccc(-c3cccc(-c4cc(-c5ccccc5)cc(-c5ccccc5)c4)c3)c2)nc2c1ccc1c3ccccc3oc12.C=CC=C.Cc1ccccc1. The molecule has 8 aromatic carbocycles. The topological polar surface area (TPSA) is 38.9 Å². The van der Waals surface area contributed by atoms with E-state index in [0.29, 0.717) is 5.82 Å². The van der Waals surface area contributed by atoms with Crippen molar-refractivity contribution in [1.29, 1.82) is 0 Å². The summed E-state index contributed by atoms with van der Waals surface area (Å²) < 4.78 is 6.48. The Balaban J connectivity index is 0.000000464. The van der Waals surface area contributed by atoms with E-state index < -0.39 is 0 Å². The second kappa shape index (κ2) is 20.6. The Morgan fingerprint density at radius 1 is 0.446 bits per heavy atom. The summed E-state index contributed by atoms with van der Waals surface area (Å²) in [5.74, 6) is 0.631. The molecule has 0 atom stereocenters. The van der Waals surface area contributed by atoms with E-state index in [2.05, 4.69) is 190 Å². The summed E-state index contributed by atoms with van der Waals surface area (Å²) in [6.45, 7) is 14.8. The van der Waals surface area contributed by atoms with Crippen molar-refractivity contribution in [2.24, 2.45) is 0 Å². The van der Waals surface area contributed by atoms with Crippen molar-refractivity contribution < 1.29 is 4.42 Å². The van der Waals surface area contributed by atoms with Crippen LogP contribution in [0.5, 0.6) is 0 Å². The lowest BCUT2D eigenvalue weighted by Gasteiger charge is -2.13. The van der Waals surface area contributed by atoms with E-state index in [4.69, 9.17) is 14.4 Å². The molecule has 0 aliphatic rings. The number of allylic oxidation sites excluding steroid dienone is 7. The molecule has 0 aliphatic heterocycles. The van der Waals surface area contributed by atoms with Gasteiger partial charge in [0.2, 0.25) is 0 Å². The van der Waals surface area contributed by atoms with E-state index >= 15 is 0 Å². The van der Waals surface area contributed by atoms with Crippen LogP contribution in [0.25, 0.3) is 94.3 Å². The van der Waals surface area contributed by atoms with Crippen molar-refractivity contribution in [3.63, 3.8) is 0 Å². The first-order chi connectivity index (χ1) is 32.0. The molecule has 65 heavy (non-hydrogen) atoms. The molecule has 0 radical (unpaired) electrons. The Kier molecular flexibility index (Phi) is 13.7. The van der Waals surface area contributed by atoms with Crippen LogP contribution in [-0.2, 0) is 0 Å². The molecule has 0 bridgehead atoms. The van der Waals surface area contributed by atoms with Crippen LogP contribution in [0.15, 0.2) is 255 Å². The van der Waals surface area contributed by atoms with Crippen molar-refractivity contribution in [2.45, 2.75) is 13.8 Å². The minimum absolute atomic E-state index is 0.631. The third-order valence-corrected chi connectivity index (χ3v) is 11.0. The normalized spacial score (nSPS) is 11.1. The number of aromatic nitrogens is 2. The molecule has 2 aromatic heterocycles. The van der Waals surface area contributed by atoms with E-state index in [-0.39, 0.29) is 0 Å². The minimum atomic E-state index is 0.631. The van der Waals surface area contributed by atoms with Gasteiger partial charge in [0.1, 0.15) is 11.1 Å². The third kappa shape index (κ3) is 9.97. The maximum atomic E-state index is 6.48. The maximum Gasteiger partial charge on any atom is 0.161 e. The van der Waals surface area contributed by atoms with Crippen molar-refractivity contribution >= 4 is 38.4 Å². The number of hydrogen-bond acceptors (Lipinski definition) is 3. The lowest BCUT2D eigenvalue weighted by molar-refractivity contribution is 0.671. The molecule has 0 aliphatic carbocycles. The average molecular weight is 839 g/mol. The summed E-state index contributed by atoms with van der Waals surface area (Å²) in [6.07, 6.45) is 11.2. The first-order valence-electron chi connectivity index (χ1n) is 21.8. The van der Waals surface area contributed by atoms with Gasteiger partial charge >= 0.3 is 0 Å². The Bertz CT molecular complexity index is 3260. The molecule has 2 heterocycles. The first-order valence-corrected chi connectivity index (χ1v) is 21.8. The summed E-state index contributed by atoms with van der Waals surface area (Å²) in [6, 6.07) is 68.0. The largest absolute Gasteiger partial charge is 0.454 e. The van der Waals surface area contributed by atoms with E-state index in [1.807, 2.05) is 55.5 Å². The van der Waals surface area contributed by atoms with Gasteiger partial charge < -0.3 is 4.42 Å². The highest BCUT2D eigenvalue weighted by Gasteiger charge is 2.18. The van der Waals surface area contributed by atoms with Crippen LogP contribution in [0.3, 0.4) is 0 Å². The van der Waals surface area contributed by atoms with Crippen molar-refractivity contribution in [3.05, 3.63) is 262 Å². The van der Waals surface area contributed by atoms with E-state index in [9.17, 15) is 0 Å². The average Bonchev–Trinajstić information content (AvgIpc) is 3.76. The summed E-state index contributed by atoms with van der Waals surface area (Å²) in [4.78, 5) is 10.5. The smallest absolute Gasteiger partial charge is 0.161 e. The number of para-hydroxylation sites is 1. The molecule has 3 heteroatoms. The van der Waals surface area contributed by atoms with Gasteiger partial charge in [-0.3, -0.25) is 0 Å². The van der Waals surface area contributed by atoms with Gasteiger partial charge in [-0.25, -0.2) is 9.97 Å². The number of aryl methyl sites for hydroxylation is 1.